The van der Waals surface area contributed by atoms with Gasteiger partial charge in [-0.15, -0.1) is 0 Å². The lowest BCUT2D eigenvalue weighted by Gasteiger charge is -2.39. The molecule has 0 aliphatic carbocycles. The lowest BCUT2D eigenvalue weighted by molar-refractivity contribution is -0.870. The quantitative estimate of drug-likeness (QED) is 0.257. The summed E-state index contributed by atoms with van der Waals surface area (Å²) in [5, 5.41) is 12.6. The Morgan fingerprint density at radius 1 is 1.05 bits per heavy atom. The standard InChI is InChI=1S/C30H35ClN3O3.CH2O2/c1-20-18-28(32-26-13-11-25(31)12-14-26)27-19-24(10-15-29(27)33(20)21(2)35)22-6-8-23(9-7-22)30(36)37-17-16-34(3,4)5;2-1-3/h6-15,19-20,28,32H,16-18H2,1-5H3;1H,(H,2,3)/q+1;/p-1/t20-,28+;/m0./s1. The largest absolute Gasteiger partial charge is 0.554 e. The first-order valence-corrected chi connectivity index (χ1v) is 13.4. The molecule has 0 unspecified atom stereocenters. The minimum Gasteiger partial charge on any atom is -0.554 e. The fraction of sp³-hybridized carbons (Fsp3) is 0.323. The van der Waals surface area contributed by atoms with E-state index >= 15 is 0 Å². The van der Waals surface area contributed by atoms with Gasteiger partial charge in [0, 0.05) is 35.8 Å². The Morgan fingerprint density at radius 2 is 1.65 bits per heavy atom. The number of ether oxygens (including phenoxy) is 1. The van der Waals surface area contributed by atoms with Crippen molar-refractivity contribution in [3.63, 3.8) is 0 Å². The average molecular weight is 566 g/mol. The van der Waals surface area contributed by atoms with Crippen LogP contribution in [0.2, 0.25) is 5.02 Å². The molecule has 3 aromatic carbocycles. The molecule has 1 amide bonds. The van der Waals surface area contributed by atoms with Crippen LogP contribution in [-0.4, -0.2) is 63.2 Å². The molecule has 0 radical (unpaired) electrons. The molecule has 8 nitrogen and oxygen atoms in total. The molecule has 0 saturated carbocycles. The Morgan fingerprint density at radius 3 is 2.23 bits per heavy atom. The highest BCUT2D eigenvalue weighted by molar-refractivity contribution is 6.30. The van der Waals surface area contributed by atoms with Crippen molar-refractivity contribution in [2.45, 2.75) is 32.4 Å². The Labute approximate surface area is 240 Å². The lowest BCUT2D eigenvalue weighted by Crippen LogP contribution is -2.43. The summed E-state index contributed by atoms with van der Waals surface area (Å²) in [6, 6.07) is 21.4. The number of nitrogens with one attached hydrogen (secondary N) is 1. The molecule has 1 aliphatic rings. The maximum Gasteiger partial charge on any atom is 0.338 e. The Balaban J connectivity index is 0.00000141. The van der Waals surface area contributed by atoms with Gasteiger partial charge >= 0.3 is 5.97 Å². The highest BCUT2D eigenvalue weighted by atomic mass is 35.5. The molecule has 1 aliphatic heterocycles. The number of anilines is 2. The molecule has 0 spiro atoms. The van der Waals surface area contributed by atoms with E-state index in [2.05, 4.69) is 39.4 Å². The highest BCUT2D eigenvalue weighted by Gasteiger charge is 2.32. The molecule has 2 atom stereocenters. The fourth-order valence-corrected chi connectivity index (χ4v) is 4.83. The summed E-state index contributed by atoms with van der Waals surface area (Å²) >= 11 is 6.07. The number of hydrogen-bond acceptors (Lipinski definition) is 6. The van der Waals surface area contributed by atoms with Crippen LogP contribution in [0.1, 0.15) is 42.2 Å². The van der Waals surface area contributed by atoms with Crippen molar-refractivity contribution in [1.29, 1.82) is 0 Å². The number of amides is 1. The number of carbonyl (C=O) groups is 3. The number of carboxylic acid groups (broad SMARTS) is 1. The van der Waals surface area contributed by atoms with Crippen LogP contribution < -0.4 is 15.3 Å². The normalized spacial score (nSPS) is 16.2. The van der Waals surface area contributed by atoms with Crippen molar-refractivity contribution in [3.8, 4) is 11.1 Å². The minimum absolute atomic E-state index is 0.0252. The van der Waals surface area contributed by atoms with Gasteiger partial charge in [0.05, 0.1) is 32.7 Å². The lowest BCUT2D eigenvalue weighted by atomic mass is 9.88. The van der Waals surface area contributed by atoms with Gasteiger partial charge in [0.15, 0.2) is 0 Å². The fourth-order valence-electron chi connectivity index (χ4n) is 4.70. The highest BCUT2D eigenvalue weighted by Crippen LogP contribution is 2.41. The first kappa shape index (κ1) is 30.7. The van der Waals surface area contributed by atoms with Crippen LogP contribution in [0, 0.1) is 0 Å². The molecule has 0 fully saturated rings. The third-order valence-corrected chi connectivity index (χ3v) is 6.91. The smallest absolute Gasteiger partial charge is 0.338 e. The number of benzene rings is 3. The Kier molecular flexibility index (Phi) is 10.3. The predicted octanol–water partition coefficient (Wildman–Crippen LogP) is 4.53. The number of nitrogens with zero attached hydrogens (tertiary/aromatic N) is 2. The zero-order valence-corrected chi connectivity index (χ0v) is 24.3. The number of halogens is 1. The van der Waals surface area contributed by atoms with Crippen LogP contribution >= 0.6 is 11.6 Å². The SMILES string of the molecule is CC(=O)N1c2ccc(-c3ccc(C(=O)OCC[N+](C)(C)C)cc3)cc2[C@H](Nc2ccc(Cl)cc2)C[C@@H]1C.O=C[O-]. The zero-order chi connectivity index (χ0) is 29.4. The molecular weight excluding hydrogens is 530 g/mol. The van der Waals surface area contributed by atoms with E-state index in [1.165, 1.54) is 0 Å². The average Bonchev–Trinajstić information content (AvgIpc) is 2.89. The topological polar surface area (TPSA) is 98.8 Å². The van der Waals surface area contributed by atoms with Crippen molar-refractivity contribution in [3.05, 3.63) is 82.9 Å². The van der Waals surface area contributed by atoms with Gasteiger partial charge in [-0.25, -0.2) is 4.79 Å². The molecule has 0 bridgehead atoms. The summed E-state index contributed by atoms with van der Waals surface area (Å²) in [7, 11) is 6.19. The second-order valence-electron chi connectivity index (χ2n) is 10.8. The molecule has 1 N–H and O–H groups in total. The van der Waals surface area contributed by atoms with E-state index in [0.717, 1.165) is 45.5 Å². The molecule has 1 heterocycles. The van der Waals surface area contributed by atoms with Gasteiger partial charge in [-0.2, -0.15) is 0 Å². The Bertz CT molecular complexity index is 1320. The number of likely N-dealkylation sites (N-methyl/N-ethyl adjacent to an activating group) is 1. The number of quaternary nitrogens is 1. The van der Waals surface area contributed by atoms with Gasteiger partial charge in [0.2, 0.25) is 5.91 Å². The van der Waals surface area contributed by atoms with E-state index in [1.54, 1.807) is 19.1 Å². The van der Waals surface area contributed by atoms with E-state index in [9.17, 15) is 9.59 Å². The number of carbonyl (C=O) groups excluding carboxylic acids is 3. The summed E-state index contributed by atoms with van der Waals surface area (Å²) in [5.41, 5.74) is 5.49. The summed E-state index contributed by atoms with van der Waals surface area (Å²) in [5.74, 6) is -0.289. The maximum absolute atomic E-state index is 12.5. The van der Waals surface area contributed by atoms with E-state index in [-0.39, 0.29) is 24.0 Å². The number of esters is 1. The van der Waals surface area contributed by atoms with Crippen molar-refractivity contribution in [2.75, 3.05) is 44.5 Å². The molecule has 9 heteroatoms. The van der Waals surface area contributed by atoms with Crippen LogP contribution in [0.25, 0.3) is 11.1 Å². The van der Waals surface area contributed by atoms with Gasteiger partial charge in [0.25, 0.3) is 0 Å². The third kappa shape index (κ3) is 8.07. The second kappa shape index (κ2) is 13.5. The van der Waals surface area contributed by atoms with Crippen LogP contribution in [0.3, 0.4) is 0 Å². The van der Waals surface area contributed by atoms with Gasteiger partial charge in [0.1, 0.15) is 13.2 Å². The van der Waals surface area contributed by atoms with E-state index in [1.807, 2.05) is 53.4 Å². The molecule has 40 heavy (non-hydrogen) atoms. The minimum atomic E-state index is -0.500. The van der Waals surface area contributed by atoms with Crippen molar-refractivity contribution < 1.29 is 28.7 Å². The number of hydrogen-bond donors (Lipinski definition) is 1. The van der Waals surface area contributed by atoms with Crippen LogP contribution in [0.5, 0.6) is 0 Å². The van der Waals surface area contributed by atoms with Crippen molar-refractivity contribution in [2.24, 2.45) is 0 Å². The summed E-state index contributed by atoms with van der Waals surface area (Å²) in [6.45, 7) is 4.31. The van der Waals surface area contributed by atoms with Crippen LogP contribution in [0.4, 0.5) is 11.4 Å². The maximum atomic E-state index is 12.5. The van der Waals surface area contributed by atoms with Crippen molar-refractivity contribution >= 4 is 41.3 Å². The zero-order valence-electron chi connectivity index (χ0n) is 23.5. The molecule has 0 aromatic heterocycles. The first-order chi connectivity index (χ1) is 18.9. The van der Waals surface area contributed by atoms with Gasteiger partial charge < -0.3 is 29.3 Å². The summed E-state index contributed by atoms with van der Waals surface area (Å²) < 4.78 is 6.17. The van der Waals surface area contributed by atoms with E-state index < -0.39 is 6.47 Å². The Hall–Kier alpha value is -3.88. The van der Waals surface area contributed by atoms with E-state index in [0.29, 0.717) is 17.2 Å². The van der Waals surface area contributed by atoms with Gasteiger partial charge in [-0.05, 0) is 78.6 Å². The van der Waals surface area contributed by atoms with Crippen molar-refractivity contribution in [1.82, 2.24) is 0 Å². The molecule has 3 aromatic rings. The molecule has 4 rings (SSSR count). The van der Waals surface area contributed by atoms with Gasteiger partial charge in [-0.3, -0.25) is 4.79 Å². The molecule has 0 saturated heterocycles. The van der Waals surface area contributed by atoms with E-state index in [4.69, 9.17) is 26.2 Å². The third-order valence-electron chi connectivity index (χ3n) is 6.65. The first-order valence-electron chi connectivity index (χ1n) is 13.0. The van der Waals surface area contributed by atoms with Crippen LogP contribution in [-0.2, 0) is 14.3 Å². The molecule has 212 valence electrons. The molecular formula is C31H36ClN3O5. The second-order valence-corrected chi connectivity index (χ2v) is 11.2. The monoisotopic (exact) mass is 565 g/mol. The summed E-state index contributed by atoms with van der Waals surface area (Å²) in [6.07, 6.45) is 0.775. The number of rotatable bonds is 7. The predicted molar refractivity (Wildman–Crippen MR) is 156 cm³/mol. The van der Waals surface area contributed by atoms with Gasteiger partial charge in [-0.1, -0.05) is 29.8 Å². The summed E-state index contributed by atoms with van der Waals surface area (Å²) in [4.78, 5) is 35.1. The number of fused-ring (bicyclic) bond motifs is 1. The van der Waals surface area contributed by atoms with Crippen LogP contribution in [0.15, 0.2) is 66.7 Å².